The van der Waals surface area contributed by atoms with Crippen LogP contribution in [0, 0.1) is 25.2 Å². The van der Waals surface area contributed by atoms with Crippen molar-refractivity contribution in [3.05, 3.63) is 58.8 Å². The van der Waals surface area contributed by atoms with Crippen LogP contribution in [-0.4, -0.2) is 13.4 Å². The number of nitriles is 1. The Bertz CT molecular complexity index is 847. The molecule has 3 nitrogen and oxygen atoms in total. The normalized spacial score (nSPS) is 12.8. The number of halogens is 1. The van der Waals surface area contributed by atoms with Crippen molar-refractivity contribution in [3.63, 3.8) is 0 Å². The lowest BCUT2D eigenvalue weighted by molar-refractivity contribution is 0.0853. The van der Waals surface area contributed by atoms with Crippen molar-refractivity contribution in [2.24, 2.45) is 0 Å². The number of hydrogen-bond acceptors (Lipinski definition) is 3. The van der Waals surface area contributed by atoms with E-state index in [2.05, 4.69) is 29.6 Å². The van der Waals surface area contributed by atoms with E-state index >= 15 is 0 Å². The van der Waals surface area contributed by atoms with Crippen molar-refractivity contribution in [1.82, 2.24) is 5.32 Å². The van der Waals surface area contributed by atoms with E-state index in [9.17, 15) is 9.65 Å². The smallest absolute Gasteiger partial charge is 0.235 e. The van der Waals surface area contributed by atoms with Crippen LogP contribution in [0.15, 0.2) is 42.1 Å². The summed E-state index contributed by atoms with van der Waals surface area (Å²) in [5.41, 5.74) is 6.51. The first-order valence-corrected chi connectivity index (χ1v) is 8.18. The van der Waals surface area contributed by atoms with Crippen LogP contribution in [0.5, 0.6) is 5.75 Å². The van der Waals surface area contributed by atoms with Gasteiger partial charge in [0.1, 0.15) is 17.5 Å². The minimum Gasteiger partial charge on any atom is -0.460 e. The Kier molecular flexibility index (Phi) is 5.82. The van der Waals surface area contributed by atoms with Crippen molar-refractivity contribution in [2.45, 2.75) is 34.1 Å². The first kappa shape index (κ1) is 18.5. The molecule has 2 aromatic rings. The van der Waals surface area contributed by atoms with Gasteiger partial charge in [0, 0.05) is 14.0 Å². The maximum atomic E-state index is 13.1. The van der Waals surface area contributed by atoms with Crippen LogP contribution in [-0.2, 0) is 0 Å². The minimum absolute atomic E-state index is 0.546. The predicted molar refractivity (Wildman–Crippen MR) is 99.8 cm³/mol. The second-order valence-electron chi connectivity index (χ2n) is 6.09. The second kappa shape index (κ2) is 7.85. The molecule has 0 saturated heterocycles. The molecule has 0 spiro atoms. The molecule has 0 aromatic heterocycles. The van der Waals surface area contributed by atoms with E-state index in [1.165, 1.54) is 6.92 Å². The van der Waals surface area contributed by atoms with Crippen LogP contribution in [0.1, 0.15) is 30.5 Å². The van der Waals surface area contributed by atoms with Gasteiger partial charge in [-0.25, -0.2) is 4.39 Å². The number of benzene rings is 2. The topological polar surface area (TPSA) is 45.0 Å². The second-order valence-corrected chi connectivity index (χ2v) is 6.09. The highest BCUT2D eigenvalue weighted by molar-refractivity contribution is 5.76. The van der Waals surface area contributed by atoms with Gasteiger partial charge in [-0.3, -0.25) is 0 Å². The van der Waals surface area contributed by atoms with E-state index in [4.69, 9.17) is 4.74 Å². The molecule has 0 radical (unpaired) electrons. The van der Waals surface area contributed by atoms with Crippen LogP contribution in [0.3, 0.4) is 0 Å². The average Bonchev–Trinajstić information content (AvgIpc) is 2.56. The molecule has 0 saturated carbocycles. The molecule has 1 atom stereocenters. The third kappa shape index (κ3) is 4.39. The lowest BCUT2D eigenvalue weighted by atomic mass is 9.95. The minimum atomic E-state index is -1.34. The molecule has 25 heavy (non-hydrogen) atoms. The van der Waals surface area contributed by atoms with Gasteiger partial charge in [0.15, 0.2) is 0 Å². The van der Waals surface area contributed by atoms with Crippen LogP contribution in [0.2, 0.25) is 0 Å². The van der Waals surface area contributed by atoms with Gasteiger partial charge in [0.25, 0.3) is 0 Å². The van der Waals surface area contributed by atoms with E-state index < -0.39 is 6.36 Å². The Hall–Kier alpha value is -2.80. The number of alkyl halides is 1. The zero-order valence-corrected chi connectivity index (χ0v) is 15.3. The Morgan fingerprint density at radius 1 is 1.16 bits per heavy atom. The summed E-state index contributed by atoms with van der Waals surface area (Å²) < 4.78 is 18.2. The fourth-order valence-electron chi connectivity index (χ4n) is 2.77. The fourth-order valence-corrected chi connectivity index (χ4v) is 2.77. The zero-order chi connectivity index (χ0) is 18.6. The lowest BCUT2D eigenvalue weighted by Crippen LogP contribution is -2.06. The van der Waals surface area contributed by atoms with Gasteiger partial charge in [-0.2, -0.15) is 5.26 Å². The Labute approximate surface area is 148 Å². The van der Waals surface area contributed by atoms with Crippen LogP contribution >= 0.6 is 0 Å². The van der Waals surface area contributed by atoms with Gasteiger partial charge in [-0.05, 0) is 72.4 Å². The van der Waals surface area contributed by atoms with E-state index in [0.29, 0.717) is 11.4 Å². The number of nitrogens with zero attached hydrogens (tertiary/aromatic N) is 1. The molecule has 0 aliphatic heterocycles. The van der Waals surface area contributed by atoms with Crippen LogP contribution in [0.25, 0.3) is 16.7 Å². The average molecular weight is 338 g/mol. The van der Waals surface area contributed by atoms with Crippen molar-refractivity contribution < 1.29 is 9.13 Å². The molecular weight excluding hydrogens is 315 g/mol. The van der Waals surface area contributed by atoms with Crippen LogP contribution in [0.4, 0.5) is 4.39 Å². The molecule has 4 heteroatoms. The highest BCUT2D eigenvalue weighted by atomic mass is 19.1. The Morgan fingerprint density at radius 2 is 1.88 bits per heavy atom. The number of hydrogen-bond donors (Lipinski definition) is 1. The largest absolute Gasteiger partial charge is 0.460 e. The number of ether oxygens (including phenoxy) is 1. The summed E-state index contributed by atoms with van der Waals surface area (Å²) in [6.07, 6.45) is -1.34. The summed E-state index contributed by atoms with van der Waals surface area (Å²) in [5, 5.41) is 12.2. The van der Waals surface area contributed by atoms with Gasteiger partial charge < -0.3 is 10.1 Å². The summed E-state index contributed by atoms with van der Waals surface area (Å²) >= 11 is 0. The number of allylic oxidation sites excluding steroid dienone is 2. The van der Waals surface area contributed by atoms with Gasteiger partial charge >= 0.3 is 0 Å². The van der Waals surface area contributed by atoms with Gasteiger partial charge in [-0.1, -0.05) is 18.2 Å². The molecule has 1 N–H and O–H groups in total. The molecular formula is C21H23FN2O. The SMILES string of the molecule is CN/C(C#N)=C(\C)c1cc(C)cc(-c2ccc(OC(C)F)c(C)c2)c1. The first-order chi connectivity index (χ1) is 11.8. The summed E-state index contributed by atoms with van der Waals surface area (Å²) in [6.45, 7) is 7.22. The zero-order valence-electron chi connectivity index (χ0n) is 15.3. The highest BCUT2D eigenvalue weighted by Crippen LogP contribution is 2.30. The molecule has 0 aliphatic rings. The quantitative estimate of drug-likeness (QED) is 0.768. The summed E-state index contributed by atoms with van der Waals surface area (Å²) in [6, 6.07) is 14.1. The van der Waals surface area contributed by atoms with Gasteiger partial charge in [0.05, 0.1) is 0 Å². The number of nitrogens with one attached hydrogen (secondary N) is 1. The van der Waals surface area contributed by atoms with Crippen molar-refractivity contribution in [1.29, 1.82) is 5.26 Å². The monoisotopic (exact) mass is 338 g/mol. The van der Waals surface area contributed by atoms with Crippen molar-refractivity contribution in [3.8, 4) is 22.9 Å². The van der Waals surface area contributed by atoms with E-state index in [-0.39, 0.29) is 0 Å². The standard InChI is InChI=1S/C21H23FN2O/c1-13-8-18(15(3)20(12-23)24-5)11-19(9-13)17-6-7-21(14(2)10-17)25-16(4)22/h6-11,16,24H,1-5H3/b20-15+. The summed E-state index contributed by atoms with van der Waals surface area (Å²) in [7, 11) is 1.74. The molecule has 2 rings (SSSR count). The molecule has 1 unspecified atom stereocenters. The molecule has 0 fully saturated rings. The summed E-state index contributed by atoms with van der Waals surface area (Å²) in [4.78, 5) is 0. The van der Waals surface area contributed by atoms with Crippen LogP contribution < -0.4 is 10.1 Å². The van der Waals surface area contributed by atoms with E-state index in [1.54, 1.807) is 13.1 Å². The lowest BCUT2D eigenvalue weighted by Gasteiger charge is -2.13. The number of aryl methyl sites for hydroxylation is 2. The van der Waals surface area contributed by atoms with Crippen molar-refractivity contribution in [2.75, 3.05) is 7.05 Å². The molecule has 2 aromatic carbocycles. The van der Waals surface area contributed by atoms with Gasteiger partial charge in [-0.15, -0.1) is 0 Å². The molecule has 0 amide bonds. The molecule has 0 aliphatic carbocycles. The van der Waals surface area contributed by atoms with E-state index in [0.717, 1.165) is 33.4 Å². The first-order valence-electron chi connectivity index (χ1n) is 8.18. The Balaban J connectivity index is 2.49. The maximum absolute atomic E-state index is 13.1. The maximum Gasteiger partial charge on any atom is 0.235 e. The van der Waals surface area contributed by atoms with Crippen molar-refractivity contribution >= 4 is 5.57 Å². The third-order valence-electron chi connectivity index (χ3n) is 4.04. The molecule has 0 bridgehead atoms. The van der Waals surface area contributed by atoms with Gasteiger partial charge in [0.2, 0.25) is 6.36 Å². The summed E-state index contributed by atoms with van der Waals surface area (Å²) in [5.74, 6) is 0.546. The molecule has 130 valence electrons. The molecule has 0 heterocycles. The van der Waals surface area contributed by atoms with E-state index in [1.807, 2.05) is 32.9 Å². The Morgan fingerprint density at radius 3 is 2.44 bits per heavy atom. The number of rotatable bonds is 5. The predicted octanol–water partition coefficient (Wildman–Crippen LogP) is 5.14. The highest BCUT2D eigenvalue weighted by Gasteiger charge is 2.09. The third-order valence-corrected chi connectivity index (χ3v) is 4.04. The fraction of sp³-hybridized carbons (Fsp3) is 0.286.